The average Bonchev–Trinajstić information content (AvgIpc) is 2.54. The maximum Gasteiger partial charge on any atom is 0.339 e. The lowest BCUT2D eigenvalue weighted by atomic mass is 10.0. The lowest BCUT2D eigenvalue weighted by molar-refractivity contribution is 0.0694. The van der Waals surface area contributed by atoms with Crippen LogP contribution in [0.1, 0.15) is 10.4 Å². The minimum atomic E-state index is -1.18. The molecule has 5 nitrogen and oxygen atoms in total. The maximum absolute atomic E-state index is 11.0. The van der Waals surface area contributed by atoms with Gasteiger partial charge in [0.2, 0.25) is 0 Å². The number of aromatic nitrogens is 1. The van der Waals surface area contributed by atoms with E-state index < -0.39 is 5.97 Å². The van der Waals surface area contributed by atoms with Gasteiger partial charge in [-0.3, -0.25) is 4.98 Å². The Bertz CT molecular complexity index is 911. The lowest BCUT2D eigenvalue weighted by Crippen LogP contribution is -1.96. The molecule has 0 aliphatic carbocycles. The van der Waals surface area contributed by atoms with Crippen molar-refractivity contribution in [2.24, 2.45) is 0 Å². The van der Waals surface area contributed by atoms with Crippen LogP contribution >= 0.6 is 11.6 Å². The number of carbonyl (C=O) groups is 1. The highest BCUT2D eigenvalue weighted by molar-refractivity contribution is 6.30. The molecule has 0 unspecified atom stereocenters. The van der Waals surface area contributed by atoms with Gasteiger partial charge in [-0.1, -0.05) is 23.7 Å². The van der Waals surface area contributed by atoms with Gasteiger partial charge in [0.15, 0.2) is 0 Å². The van der Waals surface area contributed by atoms with Crippen molar-refractivity contribution in [3.63, 3.8) is 0 Å². The number of aromatic carboxylic acids is 1. The average molecular weight is 342 g/mol. The fourth-order valence-electron chi connectivity index (χ4n) is 2.19. The molecule has 0 radical (unpaired) electrons. The number of phenols is 1. The van der Waals surface area contributed by atoms with Crippen LogP contribution in [-0.2, 0) is 0 Å². The van der Waals surface area contributed by atoms with Gasteiger partial charge >= 0.3 is 5.97 Å². The summed E-state index contributed by atoms with van der Waals surface area (Å²) >= 11 is 5.92. The van der Waals surface area contributed by atoms with Gasteiger partial charge in [-0.25, -0.2) is 4.79 Å². The summed E-state index contributed by atoms with van der Waals surface area (Å²) in [4.78, 5) is 15.1. The molecule has 24 heavy (non-hydrogen) atoms. The molecule has 0 saturated carbocycles. The molecule has 0 bridgehead atoms. The number of benzene rings is 2. The van der Waals surface area contributed by atoms with E-state index in [1.165, 1.54) is 12.1 Å². The summed E-state index contributed by atoms with van der Waals surface area (Å²) in [5.74, 6) is -0.418. The van der Waals surface area contributed by atoms with Gasteiger partial charge in [-0.2, -0.15) is 0 Å². The SMILES string of the molecule is O=C(O)c1ccc(-c2cncc(Oc3cccc(Cl)c3)c2)cc1O. The van der Waals surface area contributed by atoms with Crippen LogP contribution in [0.3, 0.4) is 0 Å². The van der Waals surface area contributed by atoms with E-state index in [4.69, 9.17) is 21.4 Å². The van der Waals surface area contributed by atoms with Crippen molar-refractivity contribution in [2.45, 2.75) is 0 Å². The summed E-state index contributed by atoms with van der Waals surface area (Å²) in [6.45, 7) is 0. The van der Waals surface area contributed by atoms with E-state index in [9.17, 15) is 9.90 Å². The molecule has 0 aliphatic heterocycles. The Morgan fingerprint density at radius 1 is 1.00 bits per heavy atom. The first-order valence-electron chi connectivity index (χ1n) is 6.98. The monoisotopic (exact) mass is 341 g/mol. The van der Waals surface area contributed by atoms with Gasteiger partial charge in [0.25, 0.3) is 0 Å². The molecule has 0 amide bonds. The predicted octanol–water partition coefficient (Wildman–Crippen LogP) is 4.60. The number of ether oxygens (including phenoxy) is 1. The summed E-state index contributed by atoms with van der Waals surface area (Å²) in [5, 5.41) is 19.3. The number of hydrogen-bond acceptors (Lipinski definition) is 4. The summed E-state index contributed by atoms with van der Waals surface area (Å²) in [6.07, 6.45) is 3.15. The van der Waals surface area contributed by atoms with Crippen molar-refractivity contribution in [3.8, 4) is 28.4 Å². The summed E-state index contributed by atoms with van der Waals surface area (Å²) < 4.78 is 5.71. The summed E-state index contributed by atoms with van der Waals surface area (Å²) in [5.41, 5.74) is 1.15. The molecular weight excluding hydrogens is 330 g/mol. The van der Waals surface area contributed by atoms with Crippen LogP contribution in [-0.4, -0.2) is 21.2 Å². The predicted molar refractivity (Wildman–Crippen MR) is 89.8 cm³/mol. The van der Waals surface area contributed by atoms with Crippen LogP contribution in [0.2, 0.25) is 5.02 Å². The first kappa shape index (κ1) is 15.8. The second-order valence-electron chi connectivity index (χ2n) is 5.01. The van der Waals surface area contributed by atoms with Gasteiger partial charge in [0.1, 0.15) is 22.8 Å². The molecule has 0 spiro atoms. The number of hydrogen-bond donors (Lipinski definition) is 2. The molecule has 0 atom stereocenters. The molecule has 0 fully saturated rings. The molecule has 2 N–H and O–H groups in total. The van der Waals surface area contributed by atoms with Crippen molar-refractivity contribution < 1.29 is 19.7 Å². The fourth-order valence-corrected chi connectivity index (χ4v) is 2.37. The molecule has 0 aliphatic rings. The summed E-state index contributed by atoms with van der Waals surface area (Å²) in [7, 11) is 0. The van der Waals surface area contributed by atoms with Gasteiger partial charge in [-0.05, 0) is 42.0 Å². The van der Waals surface area contributed by atoms with Crippen molar-refractivity contribution in [3.05, 3.63) is 71.5 Å². The number of rotatable bonds is 4. The van der Waals surface area contributed by atoms with Crippen molar-refractivity contribution in [1.29, 1.82) is 0 Å². The van der Waals surface area contributed by atoms with Gasteiger partial charge in [-0.15, -0.1) is 0 Å². The zero-order chi connectivity index (χ0) is 17.1. The molecule has 1 heterocycles. The molecule has 120 valence electrons. The number of pyridine rings is 1. The minimum Gasteiger partial charge on any atom is -0.507 e. The van der Waals surface area contributed by atoms with Crippen molar-refractivity contribution in [2.75, 3.05) is 0 Å². The molecular formula is C18H12ClNO4. The van der Waals surface area contributed by atoms with E-state index in [-0.39, 0.29) is 11.3 Å². The second-order valence-corrected chi connectivity index (χ2v) is 5.44. The van der Waals surface area contributed by atoms with E-state index >= 15 is 0 Å². The number of nitrogens with zero attached hydrogens (tertiary/aromatic N) is 1. The molecule has 3 aromatic rings. The molecule has 2 aromatic carbocycles. The van der Waals surface area contributed by atoms with Crippen LogP contribution < -0.4 is 4.74 Å². The highest BCUT2D eigenvalue weighted by Gasteiger charge is 2.11. The quantitative estimate of drug-likeness (QED) is 0.725. The zero-order valence-electron chi connectivity index (χ0n) is 12.3. The number of halogens is 1. The van der Waals surface area contributed by atoms with E-state index in [0.717, 1.165) is 0 Å². The van der Waals surface area contributed by atoms with Gasteiger partial charge < -0.3 is 14.9 Å². The molecule has 0 saturated heterocycles. The van der Waals surface area contributed by atoms with E-state index in [0.29, 0.717) is 27.6 Å². The first-order valence-corrected chi connectivity index (χ1v) is 7.36. The minimum absolute atomic E-state index is 0.155. The highest BCUT2D eigenvalue weighted by atomic mass is 35.5. The van der Waals surface area contributed by atoms with Gasteiger partial charge in [0.05, 0.1) is 6.20 Å². The topological polar surface area (TPSA) is 79.7 Å². The van der Waals surface area contributed by atoms with Crippen LogP contribution in [0, 0.1) is 0 Å². The Morgan fingerprint density at radius 3 is 2.54 bits per heavy atom. The normalized spacial score (nSPS) is 10.4. The van der Waals surface area contributed by atoms with E-state index in [1.54, 1.807) is 48.8 Å². The second kappa shape index (κ2) is 6.60. The fraction of sp³-hybridized carbons (Fsp3) is 0. The zero-order valence-corrected chi connectivity index (χ0v) is 13.1. The van der Waals surface area contributed by atoms with Gasteiger partial charge in [0, 0.05) is 16.8 Å². The Kier molecular flexibility index (Phi) is 4.35. The number of carboxylic acid groups (broad SMARTS) is 1. The van der Waals surface area contributed by atoms with Crippen LogP contribution in [0.25, 0.3) is 11.1 Å². The third-order valence-electron chi connectivity index (χ3n) is 3.31. The summed E-state index contributed by atoms with van der Waals surface area (Å²) in [6, 6.07) is 13.0. The van der Waals surface area contributed by atoms with Crippen molar-refractivity contribution in [1.82, 2.24) is 4.98 Å². The Labute approximate surface area is 142 Å². The third kappa shape index (κ3) is 3.47. The molecule has 3 rings (SSSR count). The highest BCUT2D eigenvalue weighted by Crippen LogP contribution is 2.30. The Morgan fingerprint density at radius 2 is 1.83 bits per heavy atom. The Balaban J connectivity index is 1.90. The van der Waals surface area contributed by atoms with Crippen molar-refractivity contribution >= 4 is 17.6 Å². The Hall–Kier alpha value is -3.05. The third-order valence-corrected chi connectivity index (χ3v) is 3.54. The largest absolute Gasteiger partial charge is 0.507 e. The van der Waals surface area contributed by atoms with E-state index in [1.807, 2.05) is 0 Å². The smallest absolute Gasteiger partial charge is 0.339 e. The van der Waals surface area contributed by atoms with Crippen LogP contribution in [0.5, 0.6) is 17.2 Å². The molecule has 6 heteroatoms. The van der Waals surface area contributed by atoms with Crippen LogP contribution in [0.4, 0.5) is 0 Å². The number of carboxylic acids is 1. The first-order chi connectivity index (χ1) is 11.5. The van der Waals surface area contributed by atoms with E-state index in [2.05, 4.69) is 4.98 Å². The standard InChI is InChI=1S/C18H12ClNO4/c19-13-2-1-3-14(8-13)24-15-6-12(9-20-10-15)11-4-5-16(18(22)23)17(21)7-11/h1-10,21H,(H,22,23). The lowest BCUT2D eigenvalue weighted by Gasteiger charge is -2.08. The van der Waals surface area contributed by atoms with Crippen LogP contribution in [0.15, 0.2) is 60.9 Å². The number of aromatic hydroxyl groups is 1. The molecule has 1 aromatic heterocycles. The maximum atomic E-state index is 11.0.